The summed E-state index contributed by atoms with van der Waals surface area (Å²) in [5.41, 5.74) is -2.01. The van der Waals surface area contributed by atoms with E-state index in [2.05, 4.69) is 0 Å². The minimum absolute atomic E-state index is 0.138. The average Bonchev–Trinajstić information content (AvgIpc) is 2.98. The predicted molar refractivity (Wildman–Crippen MR) is 142 cm³/mol. The Morgan fingerprint density at radius 1 is 0.727 bits per heavy atom. The number of hydrogen-bond donors (Lipinski definition) is 11. The summed E-state index contributed by atoms with van der Waals surface area (Å²) < 4.78 is 27.6. The largest absolute Gasteiger partial charge is 0.507 e. The van der Waals surface area contributed by atoms with Gasteiger partial charge in [-0.15, -0.1) is 0 Å². The molecule has 0 unspecified atom stereocenters. The van der Waals surface area contributed by atoms with Gasteiger partial charge < -0.3 is 79.5 Å². The number of aliphatic hydroxyl groups excluding tert-OH is 6. The number of hydrogen-bond acceptors (Lipinski definition) is 17. The second kappa shape index (κ2) is 11.9. The molecule has 0 bridgehead atoms. The van der Waals surface area contributed by atoms with Gasteiger partial charge in [-0.05, 0) is 25.1 Å². The first kappa shape index (κ1) is 31.5. The van der Waals surface area contributed by atoms with Crippen molar-refractivity contribution in [2.24, 2.45) is 0 Å². The van der Waals surface area contributed by atoms with E-state index in [1.165, 1.54) is 13.0 Å². The average molecular weight is 627 g/mol. The fraction of sp³-hybridized carbons (Fsp3) is 0.444. The molecular weight excluding hydrogens is 596 g/mol. The SMILES string of the molecule is C[C@@H]1O[C@@H](OC[C@H]2O[C@@H](Oc3c(-c4ccc(O)c(O)c4)oc4c(O)c(O)cc(O)c4c3=O)[C@H](O)[C@H](O)[C@@H]2O)[C@H](O)[C@@H](O)[C@H]1O. The van der Waals surface area contributed by atoms with Gasteiger partial charge in [0.25, 0.3) is 0 Å². The molecule has 17 heteroatoms. The summed E-state index contributed by atoms with van der Waals surface area (Å²) in [7, 11) is 0. The monoisotopic (exact) mass is 626 g/mol. The van der Waals surface area contributed by atoms with Crippen LogP contribution >= 0.6 is 0 Å². The van der Waals surface area contributed by atoms with E-state index in [9.17, 15) is 61.0 Å². The summed E-state index contributed by atoms with van der Waals surface area (Å²) >= 11 is 0. The summed E-state index contributed by atoms with van der Waals surface area (Å²) in [6, 6.07) is 3.79. The minimum atomic E-state index is -2.02. The highest BCUT2D eigenvalue weighted by Gasteiger charge is 2.48. The van der Waals surface area contributed by atoms with E-state index in [0.717, 1.165) is 12.1 Å². The van der Waals surface area contributed by atoms with E-state index < -0.39 is 125 Å². The van der Waals surface area contributed by atoms with Crippen LogP contribution in [0, 0.1) is 0 Å². The summed E-state index contributed by atoms with van der Waals surface area (Å²) in [4.78, 5) is 13.6. The van der Waals surface area contributed by atoms with Crippen molar-refractivity contribution in [3.63, 3.8) is 0 Å². The Kier molecular flexibility index (Phi) is 8.51. The molecule has 0 aliphatic carbocycles. The van der Waals surface area contributed by atoms with E-state index in [4.69, 9.17) is 23.4 Å². The number of phenols is 5. The lowest BCUT2D eigenvalue weighted by Gasteiger charge is -2.42. The molecule has 0 saturated carbocycles. The summed E-state index contributed by atoms with van der Waals surface area (Å²) in [6.07, 6.45) is -16.5. The molecule has 240 valence electrons. The number of aliphatic hydroxyl groups is 6. The molecule has 2 aliphatic rings. The molecule has 10 atom stereocenters. The first-order valence-corrected chi connectivity index (χ1v) is 13.2. The molecule has 17 nitrogen and oxygen atoms in total. The standard InChI is InChI=1S/C27H30O17/c1-7-15(32)19(36)21(38)26(41-7)40-6-13-17(34)20(37)22(39)27(42-13)44-25-18(35)14-11(30)5-12(31)16(33)24(14)43-23(25)8-2-3-9(28)10(29)4-8/h2-5,7,13,15,17,19-22,26-34,36-39H,6H2,1H3/t7-,13+,15-,17+,19-,20+,21+,22+,26+,27-/m0/s1. The van der Waals surface area contributed by atoms with E-state index in [-0.39, 0.29) is 5.56 Å². The van der Waals surface area contributed by atoms with Crippen LogP contribution in [0.4, 0.5) is 0 Å². The Bertz CT molecular complexity index is 1590. The molecule has 0 spiro atoms. The lowest BCUT2D eigenvalue weighted by molar-refractivity contribution is -0.318. The van der Waals surface area contributed by atoms with Crippen LogP contribution in [0.2, 0.25) is 0 Å². The maximum Gasteiger partial charge on any atom is 0.239 e. The molecule has 2 fully saturated rings. The van der Waals surface area contributed by atoms with Crippen LogP contribution in [-0.2, 0) is 14.2 Å². The van der Waals surface area contributed by atoms with Crippen LogP contribution in [0.1, 0.15) is 6.92 Å². The third kappa shape index (κ3) is 5.45. The molecule has 44 heavy (non-hydrogen) atoms. The second-order valence-electron chi connectivity index (χ2n) is 10.4. The lowest BCUT2D eigenvalue weighted by atomic mass is 9.98. The molecule has 2 saturated heterocycles. The molecule has 3 heterocycles. The molecule has 0 amide bonds. The number of aromatic hydroxyl groups is 5. The fourth-order valence-electron chi connectivity index (χ4n) is 4.88. The van der Waals surface area contributed by atoms with Gasteiger partial charge in [0.2, 0.25) is 23.2 Å². The van der Waals surface area contributed by atoms with Gasteiger partial charge in [-0.1, -0.05) is 0 Å². The quantitative estimate of drug-likeness (QED) is 0.104. The Morgan fingerprint density at radius 3 is 2.07 bits per heavy atom. The third-order valence-electron chi connectivity index (χ3n) is 7.43. The van der Waals surface area contributed by atoms with Crippen molar-refractivity contribution in [1.29, 1.82) is 0 Å². The van der Waals surface area contributed by atoms with Crippen molar-refractivity contribution in [2.45, 2.75) is 68.3 Å². The van der Waals surface area contributed by atoms with Gasteiger partial charge in [-0.25, -0.2) is 0 Å². The molecule has 1 aromatic heterocycles. The van der Waals surface area contributed by atoms with Gasteiger partial charge in [-0.2, -0.15) is 0 Å². The first-order chi connectivity index (χ1) is 20.7. The van der Waals surface area contributed by atoms with Gasteiger partial charge in [0.15, 0.2) is 34.9 Å². The normalized spacial score (nSPS) is 32.5. The third-order valence-corrected chi connectivity index (χ3v) is 7.43. The van der Waals surface area contributed by atoms with Crippen LogP contribution in [0.3, 0.4) is 0 Å². The van der Waals surface area contributed by atoms with Crippen molar-refractivity contribution in [2.75, 3.05) is 6.61 Å². The topological polar surface area (TPSA) is 290 Å². The first-order valence-electron chi connectivity index (χ1n) is 13.2. The van der Waals surface area contributed by atoms with Gasteiger partial charge >= 0.3 is 0 Å². The van der Waals surface area contributed by atoms with Crippen molar-refractivity contribution < 1.29 is 79.5 Å². The molecule has 5 rings (SSSR count). The Hall–Kier alpha value is -3.91. The molecule has 2 aromatic carbocycles. The highest BCUT2D eigenvalue weighted by molar-refractivity contribution is 5.93. The smallest absolute Gasteiger partial charge is 0.239 e. The zero-order valence-electron chi connectivity index (χ0n) is 22.7. The minimum Gasteiger partial charge on any atom is -0.507 e. The van der Waals surface area contributed by atoms with Crippen molar-refractivity contribution in [1.82, 2.24) is 0 Å². The van der Waals surface area contributed by atoms with E-state index in [1.54, 1.807) is 0 Å². The van der Waals surface area contributed by atoms with Crippen molar-refractivity contribution >= 4 is 11.0 Å². The molecule has 3 aromatic rings. The molecule has 2 aliphatic heterocycles. The second-order valence-corrected chi connectivity index (χ2v) is 10.4. The van der Waals surface area contributed by atoms with Crippen LogP contribution in [0.25, 0.3) is 22.3 Å². The number of benzene rings is 2. The molecule has 11 N–H and O–H groups in total. The number of fused-ring (bicyclic) bond motifs is 1. The van der Waals surface area contributed by atoms with E-state index in [0.29, 0.717) is 6.07 Å². The molecular formula is C27H30O17. The van der Waals surface area contributed by atoms with Gasteiger partial charge in [0.1, 0.15) is 53.9 Å². The summed E-state index contributed by atoms with van der Waals surface area (Å²) in [5, 5.41) is 112. The maximum absolute atomic E-state index is 13.6. The highest BCUT2D eigenvalue weighted by atomic mass is 16.7. The maximum atomic E-state index is 13.6. The lowest BCUT2D eigenvalue weighted by Crippen LogP contribution is -2.61. The van der Waals surface area contributed by atoms with Crippen LogP contribution in [0.15, 0.2) is 33.5 Å². The highest BCUT2D eigenvalue weighted by Crippen LogP contribution is 2.43. The van der Waals surface area contributed by atoms with Gasteiger partial charge in [0, 0.05) is 11.6 Å². The number of rotatable bonds is 6. The summed E-state index contributed by atoms with van der Waals surface area (Å²) in [6.45, 7) is 0.770. The zero-order valence-corrected chi connectivity index (χ0v) is 22.7. The van der Waals surface area contributed by atoms with Crippen LogP contribution in [-0.4, -0.2) is 124 Å². The molecule has 0 radical (unpaired) electrons. The fourth-order valence-corrected chi connectivity index (χ4v) is 4.88. The van der Waals surface area contributed by atoms with E-state index >= 15 is 0 Å². The zero-order chi connectivity index (χ0) is 32.2. The Labute approximate surface area is 246 Å². The van der Waals surface area contributed by atoms with Crippen LogP contribution < -0.4 is 10.2 Å². The Balaban J connectivity index is 1.50. The van der Waals surface area contributed by atoms with E-state index in [1.807, 2.05) is 0 Å². The van der Waals surface area contributed by atoms with Gasteiger partial charge in [-0.3, -0.25) is 4.79 Å². The number of phenolic OH excluding ortho intramolecular Hbond substituents is 5. The van der Waals surface area contributed by atoms with Crippen LogP contribution in [0.5, 0.6) is 34.5 Å². The van der Waals surface area contributed by atoms with Crippen molar-refractivity contribution in [3.8, 4) is 45.8 Å². The van der Waals surface area contributed by atoms with Crippen molar-refractivity contribution in [3.05, 3.63) is 34.5 Å². The predicted octanol–water partition coefficient (Wildman–Crippen LogP) is -1.98. The summed E-state index contributed by atoms with van der Waals surface area (Å²) in [5.74, 6) is -5.19. The van der Waals surface area contributed by atoms with Gasteiger partial charge in [0.05, 0.1) is 12.7 Å². The number of ether oxygens (including phenoxy) is 4. The Morgan fingerprint density at radius 2 is 1.39 bits per heavy atom.